The van der Waals surface area contributed by atoms with Crippen LogP contribution in [0.4, 0.5) is 11.6 Å². The van der Waals surface area contributed by atoms with Gasteiger partial charge in [0.1, 0.15) is 18.0 Å². The highest BCUT2D eigenvalue weighted by Crippen LogP contribution is 2.22. The van der Waals surface area contributed by atoms with E-state index in [2.05, 4.69) is 56.2 Å². The normalized spacial score (nSPS) is 19.0. The predicted octanol–water partition coefficient (Wildman–Crippen LogP) is 3.41. The Hall–Kier alpha value is -3.52. The van der Waals surface area contributed by atoms with Crippen LogP contribution < -0.4 is 10.2 Å². The van der Waals surface area contributed by atoms with Gasteiger partial charge in [-0.1, -0.05) is 36.4 Å². The van der Waals surface area contributed by atoms with Crippen LogP contribution in [0.15, 0.2) is 61.1 Å². The van der Waals surface area contributed by atoms with Gasteiger partial charge in [0.2, 0.25) is 0 Å². The first-order chi connectivity index (χ1) is 15.2. The number of morpholine rings is 1. The van der Waals surface area contributed by atoms with Crippen molar-refractivity contribution in [1.82, 2.24) is 24.6 Å². The Morgan fingerprint density at radius 2 is 1.84 bits per heavy atom. The van der Waals surface area contributed by atoms with Crippen molar-refractivity contribution < 1.29 is 4.74 Å². The second-order valence-corrected chi connectivity index (χ2v) is 7.90. The molecule has 5 rings (SSSR count). The van der Waals surface area contributed by atoms with E-state index in [4.69, 9.17) is 4.74 Å². The highest BCUT2D eigenvalue weighted by atomic mass is 16.5. The van der Waals surface area contributed by atoms with Crippen LogP contribution in [0.25, 0.3) is 17.0 Å². The summed E-state index contributed by atoms with van der Waals surface area (Å²) in [6.45, 7) is 6.54. The molecule has 0 aliphatic carbocycles. The first-order valence-electron chi connectivity index (χ1n) is 10.5. The second-order valence-electron chi connectivity index (χ2n) is 7.90. The minimum Gasteiger partial charge on any atom is -0.372 e. The number of rotatable bonds is 5. The molecule has 4 heterocycles. The van der Waals surface area contributed by atoms with Gasteiger partial charge in [-0.05, 0) is 25.5 Å². The van der Waals surface area contributed by atoms with E-state index < -0.39 is 0 Å². The van der Waals surface area contributed by atoms with E-state index in [-0.39, 0.29) is 12.2 Å². The van der Waals surface area contributed by atoms with Gasteiger partial charge in [-0.25, -0.2) is 9.97 Å². The molecule has 0 saturated carbocycles. The van der Waals surface area contributed by atoms with Gasteiger partial charge >= 0.3 is 0 Å². The molecule has 0 unspecified atom stereocenters. The number of hydrogen-bond donors (Lipinski definition) is 1. The molecule has 8 heteroatoms. The molecular weight excluding hydrogens is 390 g/mol. The van der Waals surface area contributed by atoms with Gasteiger partial charge in [-0.15, -0.1) is 0 Å². The van der Waals surface area contributed by atoms with Gasteiger partial charge in [0.15, 0.2) is 0 Å². The Morgan fingerprint density at radius 1 is 1.03 bits per heavy atom. The maximum atomic E-state index is 5.82. The molecule has 0 amide bonds. The zero-order chi connectivity index (χ0) is 21.2. The Labute approximate surface area is 180 Å². The average Bonchev–Trinajstić information content (AvgIpc) is 3.27. The lowest BCUT2D eigenvalue weighted by atomic mass is 10.1. The SMILES string of the molecule is C[C@@H]1CN(c2ccc(CNc3cc(-c4ccccc4)nc4ncnn34)cn2)C[C@H](C)O1. The van der Waals surface area contributed by atoms with Crippen molar-refractivity contribution in [3.63, 3.8) is 0 Å². The van der Waals surface area contributed by atoms with Gasteiger partial charge < -0.3 is 15.0 Å². The van der Waals surface area contributed by atoms with Gasteiger partial charge in [0, 0.05) is 37.5 Å². The molecule has 8 nitrogen and oxygen atoms in total. The topological polar surface area (TPSA) is 80.5 Å². The summed E-state index contributed by atoms with van der Waals surface area (Å²) in [4.78, 5) is 15.9. The maximum Gasteiger partial charge on any atom is 0.254 e. The third kappa shape index (κ3) is 4.20. The molecule has 0 bridgehead atoms. The lowest BCUT2D eigenvalue weighted by Gasteiger charge is -2.36. The standard InChI is InChI=1S/C23H25N7O/c1-16-13-29(14-17(2)31-16)21-9-8-18(11-24-21)12-25-22-10-20(19-6-4-3-5-7-19)28-23-26-15-27-30(22)23/h3-11,15-17,25H,12-14H2,1-2H3/t16-,17+. The van der Waals surface area contributed by atoms with Crippen LogP contribution in [0.3, 0.4) is 0 Å². The van der Waals surface area contributed by atoms with Crippen LogP contribution >= 0.6 is 0 Å². The van der Waals surface area contributed by atoms with E-state index in [1.54, 1.807) is 4.52 Å². The average molecular weight is 416 g/mol. The van der Waals surface area contributed by atoms with Gasteiger partial charge in [-0.3, -0.25) is 0 Å². The number of benzene rings is 1. The molecule has 1 aromatic carbocycles. The zero-order valence-corrected chi connectivity index (χ0v) is 17.6. The molecule has 158 valence electrons. The van der Waals surface area contributed by atoms with Crippen molar-refractivity contribution >= 4 is 17.4 Å². The van der Waals surface area contributed by atoms with Gasteiger partial charge in [0.25, 0.3) is 5.78 Å². The maximum absolute atomic E-state index is 5.82. The number of aromatic nitrogens is 5. The Bertz CT molecular complexity index is 1150. The molecule has 0 radical (unpaired) electrons. The lowest BCUT2D eigenvalue weighted by molar-refractivity contribution is -0.00545. The van der Waals surface area contributed by atoms with Crippen molar-refractivity contribution in [3.05, 3.63) is 66.6 Å². The fourth-order valence-corrected chi connectivity index (χ4v) is 3.96. The third-order valence-corrected chi connectivity index (χ3v) is 5.35. The molecule has 1 N–H and O–H groups in total. The number of hydrogen-bond acceptors (Lipinski definition) is 7. The highest BCUT2D eigenvalue weighted by Gasteiger charge is 2.23. The summed E-state index contributed by atoms with van der Waals surface area (Å²) in [7, 11) is 0. The van der Waals surface area contributed by atoms with E-state index in [0.29, 0.717) is 12.3 Å². The molecule has 2 atom stereocenters. The Morgan fingerprint density at radius 3 is 2.58 bits per heavy atom. The van der Waals surface area contributed by atoms with Crippen molar-refractivity contribution in [1.29, 1.82) is 0 Å². The minimum atomic E-state index is 0.211. The number of ether oxygens (including phenoxy) is 1. The van der Waals surface area contributed by atoms with E-state index in [1.165, 1.54) is 6.33 Å². The monoisotopic (exact) mass is 415 g/mol. The van der Waals surface area contributed by atoms with Crippen LogP contribution in [-0.2, 0) is 11.3 Å². The van der Waals surface area contributed by atoms with E-state index in [1.807, 2.05) is 42.6 Å². The van der Waals surface area contributed by atoms with Gasteiger partial charge in [0.05, 0.1) is 17.9 Å². The van der Waals surface area contributed by atoms with Gasteiger partial charge in [-0.2, -0.15) is 14.6 Å². The van der Waals surface area contributed by atoms with Crippen LogP contribution in [0.5, 0.6) is 0 Å². The number of nitrogens with zero attached hydrogens (tertiary/aromatic N) is 6. The molecule has 1 aliphatic heterocycles. The smallest absolute Gasteiger partial charge is 0.254 e. The Balaban J connectivity index is 1.33. The molecule has 1 fully saturated rings. The molecule has 1 saturated heterocycles. The third-order valence-electron chi connectivity index (χ3n) is 5.35. The summed E-state index contributed by atoms with van der Waals surface area (Å²) in [6, 6.07) is 16.3. The number of pyridine rings is 1. The largest absolute Gasteiger partial charge is 0.372 e. The van der Waals surface area contributed by atoms with Crippen LogP contribution in [0.1, 0.15) is 19.4 Å². The summed E-state index contributed by atoms with van der Waals surface area (Å²) in [5, 5.41) is 7.76. The Kier molecular flexibility index (Phi) is 5.21. The summed E-state index contributed by atoms with van der Waals surface area (Å²) in [6.07, 6.45) is 3.86. The lowest BCUT2D eigenvalue weighted by Crippen LogP contribution is -2.45. The molecule has 4 aromatic rings. The summed E-state index contributed by atoms with van der Waals surface area (Å²) in [5.74, 6) is 2.38. The second kappa shape index (κ2) is 8.31. The van der Waals surface area contributed by atoms with E-state index in [9.17, 15) is 0 Å². The highest BCUT2D eigenvalue weighted by molar-refractivity contribution is 5.65. The minimum absolute atomic E-state index is 0.211. The zero-order valence-electron chi connectivity index (χ0n) is 17.6. The summed E-state index contributed by atoms with van der Waals surface area (Å²) >= 11 is 0. The first kappa shape index (κ1) is 19.4. The molecule has 0 spiro atoms. The number of fused-ring (bicyclic) bond motifs is 1. The quantitative estimate of drug-likeness (QED) is 0.535. The fraction of sp³-hybridized carbons (Fsp3) is 0.304. The predicted molar refractivity (Wildman–Crippen MR) is 120 cm³/mol. The molecular formula is C23H25N7O. The molecule has 3 aromatic heterocycles. The first-order valence-corrected chi connectivity index (χ1v) is 10.5. The van der Waals surface area contributed by atoms with Crippen LogP contribution in [0, 0.1) is 0 Å². The number of anilines is 2. The molecule has 1 aliphatic rings. The van der Waals surface area contributed by atoms with Crippen LogP contribution in [0.2, 0.25) is 0 Å². The van der Waals surface area contributed by atoms with Crippen molar-refractivity contribution in [2.45, 2.75) is 32.6 Å². The van der Waals surface area contributed by atoms with Crippen LogP contribution in [-0.4, -0.2) is 49.9 Å². The molecule has 31 heavy (non-hydrogen) atoms. The van der Waals surface area contributed by atoms with Crippen molar-refractivity contribution in [3.8, 4) is 11.3 Å². The van der Waals surface area contributed by atoms with Crippen molar-refractivity contribution in [2.75, 3.05) is 23.3 Å². The fourth-order valence-electron chi connectivity index (χ4n) is 3.96. The summed E-state index contributed by atoms with van der Waals surface area (Å²) < 4.78 is 7.53. The number of nitrogens with one attached hydrogen (secondary N) is 1. The van der Waals surface area contributed by atoms with E-state index >= 15 is 0 Å². The summed E-state index contributed by atoms with van der Waals surface area (Å²) in [5.41, 5.74) is 2.98. The van der Waals surface area contributed by atoms with E-state index in [0.717, 1.165) is 41.5 Å². The van der Waals surface area contributed by atoms with Crippen molar-refractivity contribution in [2.24, 2.45) is 0 Å².